The van der Waals surface area contributed by atoms with Crippen molar-refractivity contribution in [2.24, 2.45) is 5.41 Å². The van der Waals surface area contributed by atoms with Gasteiger partial charge in [0, 0.05) is 23.1 Å². The van der Waals surface area contributed by atoms with E-state index in [1.807, 2.05) is 6.07 Å². The van der Waals surface area contributed by atoms with Crippen molar-refractivity contribution in [1.82, 2.24) is 0 Å². The van der Waals surface area contributed by atoms with Crippen LogP contribution in [0.25, 0.3) is 11.0 Å². The second kappa shape index (κ2) is 6.03. The predicted octanol–water partition coefficient (Wildman–Crippen LogP) is 5.16. The summed E-state index contributed by atoms with van der Waals surface area (Å²) in [5, 5.41) is 11.4. The van der Waals surface area contributed by atoms with E-state index in [2.05, 4.69) is 41.5 Å². The third-order valence-corrected chi connectivity index (χ3v) is 4.17. The lowest BCUT2D eigenvalue weighted by Gasteiger charge is -2.33. The molecule has 0 saturated carbocycles. The zero-order valence-corrected chi connectivity index (χ0v) is 15.1. The summed E-state index contributed by atoms with van der Waals surface area (Å²) in [7, 11) is 0. The van der Waals surface area contributed by atoms with Crippen LogP contribution < -0.4 is 5.63 Å². The average Bonchev–Trinajstić information content (AvgIpc) is 2.34. The fraction of sp³-hybridized carbons (Fsp3) is 0.550. The molecule has 1 N–H and O–H groups in total. The second-order valence-corrected chi connectivity index (χ2v) is 8.33. The number of phenols is 1. The minimum Gasteiger partial charge on any atom is -0.508 e. The lowest BCUT2D eigenvalue weighted by molar-refractivity contribution is 0.278. The molecule has 1 heterocycles. The topological polar surface area (TPSA) is 50.4 Å². The Balaban J connectivity index is 2.66. The maximum absolute atomic E-state index is 11.7. The number of benzene rings is 1. The monoisotopic (exact) mass is 316 g/mol. The highest BCUT2D eigenvalue weighted by Crippen LogP contribution is 2.41. The van der Waals surface area contributed by atoms with E-state index >= 15 is 0 Å². The van der Waals surface area contributed by atoms with Crippen LogP contribution in [0.1, 0.15) is 65.5 Å². The molecule has 0 atom stereocenters. The van der Waals surface area contributed by atoms with Crippen molar-refractivity contribution in [3.05, 3.63) is 39.7 Å². The first-order chi connectivity index (χ1) is 10.5. The van der Waals surface area contributed by atoms with Gasteiger partial charge in [0.05, 0.1) is 0 Å². The lowest BCUT2D eigenvalue weighted by Crippen LogP contribution is -2.25. The molecule has 0 aliphatic rings. The van der Waals surface area contributed by atoms with Gasteiger partial charge in [-0.1, -0.05) is 48.0 Å². The van der Waals surface area contributed by atoms with E-state index in [-0.39, 0.29) is 22.2 Å². The van der Waals surface area contributed by atoms with Crippen LogP contribution in [-0.4, -0.2) is 5.11 Å². The molecule has 0 unspecified atom stereocenters. The van der Waals surface area contributed by atoms with Crippen molar-refractivity contribution in [3.63, 3.8) is 0 Å². The van der Waals surface area contributed by atoms with Crippen molar-refractivity contribution < 1.29 is 9.52 Å². The second-order valence-electron chi connectivity index (χ2n) is 8.33. The van der Waals surface area contributed by atoms with Crippen molar-refractivity contribution >= 4 is 11.0 Å². The first-order valence-corrected chi connectivity index (χ1v) is 8.34. The summed E-state index contributed by atoms with van der Waals surface area (Å²) < 4.78 is 5.28. The summed E-state index contributed by atoms with van der Waals surface area (Å²) >= 11 is 0. The Labute approximate surface area is 138 Å². The van der Waals surface area contributed by atoms with Gasteiger partial charge in [-0.25, -0.2) is 4.79 Å². The van der Waals surface area contributed by atoms with E-state index in [1.54, 1.807) is 12.1 Å². The Kier molecular flexibility index (Phi) is 4.61. The van der Waals surface area contributed by atoms with Crippen LogP contribution in [0.2, 0.25) is 0 Å². The molecule has 0 saturated heterocycles. The predicted molar refractivity (Wildman–Crippen MR) is 95.2 cm³/mol. The maximum Gasteiger partial charge on any atom is 0.336 e. The maximum atomic E-state index is 11.7. The molecule has 126 valence electrons. The number of fused-ring (bicyclic) bond motifs is 1. The largest absolute Gasteiger partial charge is 0.508 e. The number of phenolic OH excluding ortho intramolecular Hbond substituents is 1. The number of hydrogen-bond donors (Lipinski definition) is 1. The molecule has 23 heavy (non-hydrogen) atoms. The molecule has 3 nitrogen and oxygen atoms in total. The Morgan fingerprint density at radius 1 is 1.09 bits per heavy atom. The molecule has 0 fully saturated rings. The van der Waals surface area contributed by atoms with Crippen LogP contribution >= 0.6 is 0 Å². The van der Waals surface area contributed by atoms with Crippen LogP contribution in [0.3, 0.4) is 0 Å². The molecule has 0 amide bonds. The molecule has 0 radical (unpaired) electrons. The zero-order chi connectivity index (χ0) is 17.4. The van der Waals surface area contributed by atoms with Crippen LogP contribution in [0.4, 0.5) is 0 Å². The summed E-state index contributed by atoms with van der Waals surface area (Å²) in [5.41, 5.74) is 1.99. The summed E-state index contributed by atoms with van der Waals surface area (Å²) in [4.78, 5) is 11.7. The minimum atomic E-state index is -0.359. The fourth-order valence-corrected chi connectivity index (χ4v) is 3.70. The van der Waals surface area contributed by atoms with Gasteiger partial charge in [-0.2, -0.15) is 0 Å². The minimum absolute atomic E-state index is 0.153. The smallest absolute Gasteiger partial charge is 0.336 e. The van der Waals surface area contributed by atoms with Gasteiger partial charge in [-0.3, -0.25) is 0 Å². The first kappa shape index (κ1) is 17.6. The Hall–Kier alpha value is -1.77. The van der Waals surface area contributed by atoms with Crippen LogP contribution in [0, 0.1) is 5.41 Å². The molecule has 0 aliphatic heterocycles. The highest BCUT2D eigenvalue weighted by Gasteiger charge is 2.30. The van der Waals surface area contributed by atoms with E-state index in [4.69, 9.17) is 4.42 Å². The molecule has 2 rings (SSSR count). The average molecular weight is 316 g/mol. The third-order valence-electron chi connectivity index (χ3n) is 4.17. The SMILES string of the molecule is CCCc1cc(=O)oc2cc(O)c(C(C)(C)CC(C)(C)C)cc12. The highest BCUT2D eigenvalue weighted by atomic mass is 16.4. The molecule has 0 aliphatic carbocycles. The third kappa shape index (κ3) is 3.95. The van der Waals surface area contributed by atoms with Crippen molar-refractivity contribution in [3.8, 4) is 5.75 Å². The summed E-state index contributed by atoms with van der Waals surface area (Å²) in [6, 6.07) is 5.17. The number of aromatic hydroxyl groups is 1. The van der Waals surface area contributed by atoms with Crippen molar-refractivity contribution in [2.45, 2.75) is 66.2 Å². The van der Waals surface area contributed by atoms with Gasteiger partial charge in [0.2, 0.25) is 0 Å². The summed E-state index contributed by atoms with van der Waals surface area (Å²) in [5.74, 6) is 0.198. The normalized spacial score (nSPS) is 12.8. The van der Waals surface area contributed by atoms with E-state index in [1.165, 1.54) is 0 Å². The van der Waals surface area contributed by atoms with E-state index < -0.39 is 0 Å². The number of aryl methyl sites for hydroxylation is 1. The van der Waals surface area contributed by atoms with Crippen LogP contribution in [0.15, 0.2) is 27.4 Å². The molecular weight excluding hydrogens is 288 g/mol. The first-order valence-electron chi connectivity index (χ1n) is 8.34. The van der Waals surface area contributed by atoms with Crippen molar-refractivity contribution in [2.75, 3.05) is 0 Å². The molecule has 2 aromatic rings. The van der Waals surface area contributed by atoms with E-state index in [0.717, 1.165) is 35.8 Å². The Morgan fingerprint density at radius 2 is 1.74 bits per heavy atom. The van der Waals surface area contributed by atoms with Gasteiger partial charge in [-0.05, 0) is 35.3 Å². The Bertz CT molecular complexity index is 761. The standard InChI is InChI=1S/C20H28O3/c1-7-8-13-9-18(22)23-17-11-16(21)15(10-14(13)17)20(5,6)12-19(2,3)4/h9-11,21H,7-8,12H2,1-6H3. The van der Waals surface area contributed by atoms with Gasteiger partial charge >= 0.3 is 5.63 Å². The summed E-state index contributed by atoms with van der Waals surface area (Å²) in [6.45, 7) is 13.0. The molecule has 1 aromatic heterocycles. The van der Waals surface area contributed by atoms with Gasteiger partial charge in [0.15, 0.2) is 0 Å². The molecular formula is C20H28O3. The van der Waals surface area contributed by atoms with Crippen LogP contribution in [-0.2, 0) is 11.8 Å². The van der Waals surface area contributed by atoms with E-state index in [0.29, 0.717) is 5.58 Å². The molecule has 3 heteroatoms. The molecule has 0 bridgehead atoms. The van der Waals surface area contributed by atoms with Crippen LogP contribution in [0.5, 0.6) is 5.75 Å². The fourth-order valence-electron chi connectivity index (χ4n) is 3.70. The molecule has 0 spiro atoms. The van der Waals surface area contributed by atoms with Crippen molar-refractivity contribution in [1.29, 1.82) is 0 Å². The van der Waals surface area contributed by atoms with Gasteiger partial charge < -0.3 is 9.52 Å². The highest BCUT2D eigenvalue weighted by molar-refractivity contribution is 5.83. The van der Waals surface area contributed by atoms with E-state index in [9.17, 15) is 9.90 Å². The quantitative estimate of drug-likeness (QED) is 0.792. The van der Waals surface area contributed by atoms with Gasteiger partial charge in [-0.15, -0.1) is 0 Å². The lowest BCUT2D eigenvalue weighted by atomic mass is 9.72. The van der Waals surface area contributed by atoms with Gasteiger partial charge in [0.25, 0.3) is 0 Å². The van der Waals surface area contributed by atoms with Gasteiger partial charge in [0.1, 0.15) is 11.3 Å². The zero-order valence-electron chi connectivity index (χ0n) is 15.1. The number of rotatable bonds is 4. The summed E-state index contributed by atoms with van der Waals surface area (Å²) in [6.07, 6.45) is 2.73. The molecule has 1 aromatic carbocycles. The Morgan fingerprint density at radius 3 is 2.30 bits per heavy atom. The number of hydrogen-bond acceptors (Lipinski definition) is 3.